The number of carbonyl (C=O) groups excluding carboxylic acids is 3. The molecule has 4 rings (SSSR count). The lowest BCUT2D eigenvalue weighted by molar-refractivity contribution is 0.0548. The van der Waals surface area contributed by atoms with E-state index >= 15 is 0 Å². The van der Waals surface area contributed by atoms with Crippen LogP contribution in [0.5, 0.6) is 0 Å². The molecule has 0 aromatic heterocycles. The summed E-state index contributed by atoms with van der Waals surface area (Å²) < 4.78 is 0. The van der Waals surface area contributed by atoms with Crippen molar-refractivity contribution >= 4 is 30.1 Å². The number of fused-ring (bicyclic) bond motifs is 1. The second kappa shape index (κ2) is 7.98. The fourth-order valence-corrected chi connectivity index (χ4v) is 4.58. The van der Waals surface area contributed by atoms with Gasteiger partial charge in [0.25, 0.3) is 17.7 Å². The summed E-state index contributed by atoms with van der Waals surface area (Å²) in [5.74, 6) is -0.558. The number of rotatable bonds is 3. The van der Waals surface area contributed by atoms with Crippen LogP contribution >= 0.6 is 12.4 Å². The highest BCUT2D eigenvalue weighted by Gasteiger charge is 2.41. The summed E-state index contributed by atoms with van der Waals surface area (Å²) in [7, 11) is 0. The van der Waals surface area contributed by atoms with Crippen molar-refractivity contribution in [3.63, 3.8) is 0 Å². The second-order valence-electron chi connectivity index (χ2n) is 7.56. The van der Waals surface area contributed by atoms with Crippen molar-refractivity contribution in [1.82, 2.24) is 9.80 Å². The number of nitrogens with zero attached hydrogens (tertiary/aromatic N) is 2. The van der Waals surface area contributed by atoms with Crippen molar-refractivity contribution in [2.45, 2.75) is 57.0 Å². The molecule has 7 heteroatoms. The maximum atomic E-state index is 12.9. The van der Waals surface area contributed by atoms with Gasteiger partial charge in [-0.15, -0.1) is 12.4 Å². The van der Waals surface area contributed by atoms with Gasteiger partial charge in [0.2, 0.25) is 0 Å². The van der Waals surface area contributed by atoms with E-state index < -0.39 is 0 Å². The van der Waals surface area contributed by atoms with Gasteiger partial charge in [0.15, 0.2) is 0 Å². The summed E-state index contributed by atoms with van der Waals surface area (Å²) in [6.45, 7) is 1.14. The van der Waals surface area contributed by atoms with Gasteiger partial charge >= 0.3 is 0 Å². The molecular formula is C20H26ClN3O3. The van der Waals surface area contributed by atoms with Crippen LogP contribution in [0.3, 0.4) is 0 Å². The summed E-state index contributed by atoms with van der Waals surface area (Å²) in [5.41, 5.74) is 7.04. The molecule has 2 aliphatic heterocycles. The molecule has 0 spiro atoms. The van der Waals surface area contributed by atoms with E-state index in [2.05, 4.69) is 0 Å². The van der Waals surface area contributed by atoms with Crippen LogP contribution in [-0.2, 0) is 0 Å². The minimum Gasteiger partial charge on any atom is -0.334 e. The standard InChI is InChI=1S/C20H25N3O3.ClH/c21-12-15-7-4-10-22(15)18(24)13-8-9-16-17(11-13)20(26)23(19(16)25)14-5-2-1-3-6-14;/h8-9,11,14-15H,1-7,10,12,21H2;1H. The number of halogens is 1. The van der Waals surface area contributed by atoms with E-state index in [-0.39, 0.29) is 42.2 Å². The Balaban J connectivity index is 0.00000210. The van der Waals surface area contributed by atoms with Gasteiger partial charge in [-0.05, 0) is 43.9 Å². The normalized spacial score (nSPS) is 22.8. The van der Waals surface area contributed by atoms with Crippen molar-refractivity contribution in [3.8, 4) is 0 Å². The lowest BCUT2D eigenvalue weighted by atomic mass is 9.94. The van der Waals surface area contributed by atoms with Gasteiger partial charge in [-0.1, -0.05) is 19.3 Å². The van der Waals surface area contributed by atoms with Crippen LogP contribution < -0.4 is 5.73 Å². The number of carbonyl (C=O) groups is 3. The van der Waals surface area contributed by atoms with Crippen molar-refractivity contribution in [2.24, 2.45) is 5.73 Å². The van der Waals surface area contributed by atoms with E-state index in [9.17, 15) is 14.4 Å². The lowest BCUT2D eigenvalue weighted by Gasteiger charge is -2.29. The minimum absolute atomic E-state index is 0. The number of imide groups is 1. The molecule has 1 aliphatic carbocycles. The maximum absolute atomic E-state index is 12.9. The van der Waals surface area contributed by atoms with E-state index in [4.69, 9.17) is 5.73 Å². The molecular weight excluding hydrogens is 366 g/mol. The van der Waals surface area contributed by atoms with Gasteiger partial charge in [0.1, 0.15) is 0 Å². The number of amides is 3. The van der Waals surface area contributed by atoms with Crippen LogP contribution in [-0.4, -0.2) is 52.7 Å². The first-order valence-corrected chi connectivity index (χ1v) is 9.65. The Bertz CT molecular complexity index is 761. The molecule has 2 N–H and O–H groups in total. The van der Waals surface area contributed by atoms with E-state index in [0.29, 0.717) is 29.8 Å². The van der Waals surface area contributed by atoms with Crippen LogP contribution in [0.15, 0.2) is 18.2 Å². The molecule has 2 fully saturated rings. The van der Waals surface area contributed by atoms with Gasteiger partial charge in [-0.2, -0.15) is 0 Å². The predicted molar refractivity (Wildman–Crippen MR) is 104 cm³/mol. The largest absolute Gasteiger partial charge is 0.334 e. The highest BCUT2D eigenvalue weighted by Crippen LogP contribution is 2.32. The number of nitrogens with two attached hydrogens (primary N) is 1. The van der Waals surface area contributed by atoms with Crippen LogP contribution in [0, 0.1) is 0 Å². The first kappa shape index (κ1) is 19.8. The molecule has 2 heterocycles. The number of hydrogen-bond donors (Lipinski definition) is 1. The minimum atomic E-state index is -0.247. The van der Waals surface area contributed by atoms with Gasteiger partial charge in [0, 0.05) is 30.7 Å². The molecule has 1 atom stereocenters. The molecule has 0 bridgehead atoms. The maximum Gasteiger partial charge on any atom is 0.261 e. The quantitative estimate of drug-likeness (QED) is 0.802. The molecule has 3 aliphatic rings. The summed E-state index contributed by atoms with van der Waals surface area (Å²) >= 11 is 0. The van der Waals surface area contributed by atoms with E-state index in [0.717, 1.165) is 44.9 Å². The Labute approximate surface area is 165 Å². The monoisotopic (exact) mass is 391 g/mol. The Morgan fingerprint density at radius 3 is 2.41 bits per heavy atom. The lowest BCUT2D eigenvalue weighted by Crippen LogP contribution is -2.41. The van der Waals surface area contributed by atoms with Crippen molar-refractivity contribution in [3.05, 3.63) is 34.9 Å². The van der Waals surface area contributed by atoms with Gasteiger partial charge in [0.05, 0.1) is 11.1 Å². The van der Waals surface area contributed by atoms with Crippen LogP contribution in [0.1, 0.15) is 76.0 Å². The van der Waals surface area contributed by atoms with Crippen molar-refractivity contribution in [1.29, 1.82) is 0 Å². The molecule has 1 aromatic rings. The number of likely N-dealkylation sites (tertiary alicyclic amines) is 1. The summed E-state index contributed by atoms with van der Waals surface area (Å²) in [6, 6.07) is 4.97. The third kappa shape index (κ3) is 3.36. The first-order chi connectivity index (χ1) is 12.6. The highest BCUT2D eigenvalue weighted by molar-refractivity contribution is 6.22. The summed E-state index contributed by atoms with van der Waals surface area (Å²) in [6.07, 6.45) is 6.89. The van der Waals surface area contributed by atoms with Gasteiger partial charge < -0.3 is 10.6 Å². The van der Waals surface area contributed by atoms with E-state index in [1.54, 1.807) is 23.1 Å². The van der Waals surface area contributed by atoms with Gasteiger partial charge in [-0.3, -0.25) is 19.3 Å². The molecule has 0 radical (unpaired) electrons. The third-order valence-corrected chi connectivity index (χ3v) is 6.01. The topological polar surface area (TPSA) is 83.7 Å². The molecule has 1 aromatic carbocycles. The van der Waals surface area contributed by atoms with E-state index in [1.165, 1.54) is 4.90 Å². The summed E-state index contributed by atoms with van der Waals surface area (Å²) in [5, 5.41) is 0. The average Bonchev–Trinajstić information content (AvgIpc) is 3.25. The third-order valence-electron chi connectivity index (χ3n) is 6.01. The molecule has 1 unspecified atom stereocenters. The molecule has 146 valence electrons. The van der Waals surface area contributed by atoms with Crippen molar-refractivity contribution < 1.29 is 14.4 Å². The fraction of sp³-hybridized carbons (Fsp3) is 0.550. The van der Waals surface area contributed by atoms with Crippen LogP contribution in [0.2, 0.25) is 0 Å². The zero-order valence-corrected chi connectivity index (χ0v) is 16.2. The Hall–Kier alpha value is -1.92. The highest BCUT2D eigenvalue weighted by atomic mass is 35.5. The first-order valence-electron chi connectivity index (χ1n) is 9.65. The smallest absolute Gasteiger partial charge is 0.261 e. The van der Waals surface area contributed by atoms with Crippen LogP contribution in [0.4, 0.5) is 0 Å². The zero-order valence-electron chi connectivity index (χ0n) is 15.4. The Kier molecular flexibility index (Phi) is 5.86. The molecule has 1 saturated heterocycles. The Morgan fingerprint density at radius 1 is 1.00 bits per heavy atom. The van der Waals surface area contributed by atoms with E-state index in [1.807, 2.05) is 0 Å². The van der Waals surface area contributed by atoms with Crippen LogP contribution in [0.25, 0.3) is 0 Å². The number of hydrogen-bond acceptors (Lipinski definition) is 4. The molecule has 3 amide bonds. The molecule has 27 heavy (non-hydrogen) atoms. The molecule has 6 nitrogen and oxygen atoms in total. The zero-order chi connectivity index (χ0) is 18.3. The predicted octanol–water partition coefficient (Wildman–Crippen LogP) is 2.60. The Morgan fingerprint density at radius 2 is 1.70 bits per heavy atom. The fourth-order valence-electron chi connectivity index (χ4n) is 4.58. The van der Waals surface area contributed by atoms with Gasteiger partial charge in [-0.25, -0.2) is 0 Å². The second-order valence-corrected chi connectivity index (χ2v) is 7.56. The summed E-state index contributed by atoms with van der Waals surface area (Å²) in [4.78, 5) is 41.7. The SMILES string of the molecule is Cl.NCC1CCCN1C(=O)c1ccc2c(c1)C(=O)N(C1CCCCC1)C2=O. The average molecular weight is 392 g/mol. The molecule has 1 saturated carbocycles. The van der Waals surface area contributed by atoms with Crippen molar-refractivity contribution in [2.75, 3.05) is 13.1 Å². The number of benzene rings is 1.